The van der Waals surface area contributed by atoms with Crippen molar-refractivity contribution in [2.24, 2.45) is 10.8 Å². The fourth-order valence-corrected chi connectivity index (χ4v) is 4.07. The van der Waals surface area contributed by atoms with E-state index >= 15 is 0 Å². The summed E-state index contributed by atoms with van der Waals surface area (Å²) in [5, 5.41) is 21.9. The van der Waals surface area contributed by atoms with Gasteiger partial charge in [-0.3, -0.25) is 0 Å². The lowest BCUT2D eigenvalue weighted by Gasteiger charge is -2.31. The van der Waals surface area contributed by atoms with Gasteiger partial charge in [0.25, 0.3) is 0 Å². The highest BCUT2D eigenvalue weighted by atomic mass is 16.5. The monoisotopic (exact) mass is 426 g/mol. The second-order valence-corrected chi connectivity index (χ2v) is 10.2. The Bertz CT molecular complexity index is 742. The fourth-order valence-electron chi connectivity index (χ4n) is 4.07. The predicted octanol–water partition coefficient (Wildman–Crippen LogP) is 7.98. The number of aliphatic hydroxyl groups is 2. The minimum absolute atomic E-state index is 0.192. The summed E-state index contributed by atoms with van der Waals surface area (Å²) in [6.07, 6.45) is 5.30. The normalized spacial score (nSPS) is 14.3. The number of rotatable bonds is 12. The molecule has 0 aliphatic heterocycles. The van der Waals surface area contributed by atoms with Crippen molar-refractivity contribution >= 4 is 0 Å². The van der Waals surface area contributed by atoms with Gasteiger partial charge >= 0.3 is 0 Å². The highest BCUT2D eigenvalue weighted by molar-refractivity contribution is 5.37. The molecular formula is C28H42O3. The van der Waals surface area contributed by atoms with Crippen LogP contribution in [0, 0.1) is 10.8 Å². The first-order chi connectivity index (χ1) is 14.6. The van der Waals surface area contributed by atoms with E-state index in [4.69, 9.17) is 4.74 Å². The largest absolute Gasteiger partial charge is 0.457 e. The summed E-state index contributed by atoms with van der Waals surface area (Å²) in [5.41, 5.74) is 1.36. The molecule has 2 rings (SSSR count). The molecule has 31 heavy (non-hydrogen) atoms. The van der Waals surface area contributed by atoms with E-state index in [1.165, 1.54) is 0 Å². The average Bonchev–Trinajstić information content (AvgIpc) is 2.75. The summed E-state index contributed by atoms with van der Waals surface area (Å²) in [4.78, 5) is 0. The van der Waals surface area contributed by atoms with Gasteiger partial charge in [-0.15, -0.1) is 0 Å². The highest BCUT2D eigenvalue weighted by Crippen LogP contribution is 2.40. The number of unbranched alkanes of at least 4 members (excludes halogenated alkanes) is 2. The van der Waals surface area contributed by atoms with E-state index in [2.05, 4.69) is 41.5 Å². The zero-order valence-corrected chi connectivity index (χ0v) is 20.3. The molecule has 3 nitrogen and oxygen atoms in total. The van der Waals surface area contributed by atoms with E-state index in [-0.39, 0.29) is 10.8 Å². The van der Waals surface area contributed by atoms with E-state index in [1.807, 2.05) is 48.5 Å². The minimum Gasteiger partial charge on any atom is -0.457 e. The van der Waals surface area contributed by atoms with Gasteiger partial charge in [-0.05, 0) is 59.1 Å². The van der Waals surface area contributed by atoms with Gasteiger partial charge in [-0.2, -0.15) is 0 Å². The minimum atomic E-state index is -0.546. The van der Waals surface area contributed by atoms with Crippen LogP contribution in [0.25, 0.3) is 0 Å². The van der Waals surface area contributed by atoms with Crippen LogP contribution in [-0.2, 0) is 0 Å². The highest BCUT2D eigenvalue weighted by Gasteiger charge is 2.30. The molecule has 0 aromatic heterocycles. The van der Waals surface area contributed by atoms with Crippen LogP contribution in [0.1, 0.15) is 103 Å². The number of hydrogen-bond donors (Lipinski definition) is 2. The number of ether oxygens (including phenoxy) is 1. The molecule has 0 bridgehead atoms. The third-order valence-electron chi connectivity index (χ3n) is 6.41. The van der Waals surface area contributed by atoms with Crippen molar-refractivity contribution in [1.29, 1.82) is 0 Å². The van der Waals surface area contributed by atoms with Crippen molar-refractivity contribution in [3.05, 3.63) is 59.7 Å². The quantitative estimate of drug-likeness (QED) is 0.362. The number of hydrogen-bond acceptors (Lipinski definition) is 3. The van der Waals surface area contributed by atoms with Crippen LogP contribution in [0.15, 0.2) is 48.5 Å². The van der Waals surface area contributed by atoms with Gasteiger partial charge in [-0.1, -0.05) is 91.5 Å². The molecule has 0 radical (unpaired) electrons. The standard InChI is InChI=1S/C28H42O3/c1-7-9-17-27(3,4)25(29)21-13-11-15-23(19-21)31-24-16-12-14-22(20-24)26(30)28(5,6)18-10-8-2/h11-16,19-20,25-26,29-30H,7-10,17-18H2,1-6H3. The summed E-state index contributed by atoms with van der Waals surface area (Å²) in [5.74, 6) is 1.39. The van der Waals surface area contributed by atoms with Crippen molar-refractivity contribution in [2.45, 2.75) is 92.3 Å². The smallest absolute Gasteiger partial charge is 0.127 e. The van der Waals surface area contributed by atoms with Crippen LogP contribution >= 0.6 is 0 Å². The van der Waals surface area contributed by atoms with Gasteiger partial charge in [0.05, 0.1) is 12.2 Å². The van der Waals surface area contributed by atoms with Gasteiger partial charge < -0.3 is 14.9 Å². The van der Waals surface area contributed by atoms with Crippen LogP contribution in [0.5, 0.6) is 11.5 Å². The van der Waals surface area contributed by atoms with Crippen molar-refractivity contribution in [3.63, 3.8) is 0 Å². The molecule has 2 N–H and O–H groups in total. The molecule has 0 fully saturated rings. The number of aliphatic hydroxyl groups excluding tert-OH is 2. The summed E-state index contributed by atoms with van der Waals surface area (Å²) < 4.78 is 6.13. The zero-order chi connectivity index (χ0) is 23.1. The molecule has 2 aromatic rings. The first-order valence-corrected chi connectivity index (χ1v) is 11.8. The van der Waals surface area contributed by atoms with Gasteiger partial charge in [0.2, 0.25) is 0 Å². The fraction of sp³-hybridized carbons (Fsp3) is 0.571. The second-order valence-electron chi connectivity index (χ2n) is 10.2. The van der Waals surface area contributed by atoms with Gasteiger partial charge in [-0.25, -0.2) is 0 Å². The lowest BCUT2D eigenvalue weighted by molar-refractivity contribution is 0.0411. The molecular weight excluding hydrogens is 384 g/mol. The van der Waals surface area contributed by atoms with Crippen LogP contribution in [0.4, 0.5) is 0 Å². The van der Waals surface area contributed by atoms with E-state index in [0.29, 0.717) is 11.5 Å². The molecule has 0 aliphatic rings. The van der Waals surface area contributed by atoms with Gasteiger partial charge in [0.15, 0.2) is 0 Å². The SMILES string of the molecule is CCCCC(C)(C)C(O)c1cccc(Oc2cccc(C(O)C(C)(C)CCCC)c2)c1. The Kier molecular flexibility index (Phi) is 9.14. The third kappa shape index (κ3) is 7.08. The van der Waals surface area contributed by atoms with Gasteiger partial charge in [0, 0.05) is 0 Å². The molecule has 2 aromatic carbocycles. The van der Waals surface area contributed by atoms with Crippen LogP contribution in [-0.4, -0.2) is 10.2 Å². The maximum absolute atomic E-state index is 11.0. The van der Waals surface area contributed by atoms with E-state index in [0.717, 1.165) is 49.7 Å². The zero-order valence-electron chi connectivity index (χ0n) is 20.3. The van der Waals surface area contributed by atoms with Crippen LogP contribution in [0.2, 0.25) is 0 Å². The Balaban J connectivity index is 2.17. The van der Waals surface area contributed by atoms with Crippen molar-refractivity contribution in [3.8, 4) is 11.5 Å². The van der Waals surface area contributed by atoms with E-state index < -0.39 is 12.2 Å². The molecule has 0 heterocycles. The Hall–Kier alpha value is -1.84. The average molecular weight is 427 g/mol. The Morgan fingerprint density at radius 1 is 0.710 bits per heavy atom. The summed E-state index contributed by atoms with van der Waals surface area (Å²) in [7, 11) is 0. The first-order valence-electron chi connectivity index (χ1n) is 11.8. The topological polar surface area (TPSA) is 49.7 Å². The maximum atomic E-state index is 11.0. The molecule has 0 amide bonds. The molecule has 0 saturated heterocycles. The number of benzene rings is 2. The molecule has 0 spiro atoms. The predicted molar refractivity (Wildman–Crippen MR) is 129 cm³/mol. The third-order valence-corrected chi connectivity index (χ3v) is 6.41. The van der Waals surface area contributed by atoms with Crippen molar-refractivity contribution in [1.82, 2.24) is 0 Å². The summed E-state index contributed by atoms with van der Waals surface area (Å²) in [6.45, 7) is 12.8. The first kappa shape index (κ1) is 25.4. The summed E-state index contributed by atoms with van der Waals surface area (Å²) >= 11 is 0. The molecule has 172 valence electrons. The summed E-state index contributed by atoms with van der Waals surface area (Å²) in [6, 6.07) is 15.4. The van der Waals surface area contributed by atoms with Crippen LogP contribution in [0.3, 0.4) is 0 Å². The molecule has 2 atom stereocenters. The van der Waals surface area contributed by atoms with Gasteiger partial charge in [0.1, 0.15) is 11.5 Å². The Morgan fingerprint density at radius 3 is 1.45 bits per heavy atom. The van der Waals surface area contributed by atoms with E-state index in [9.17, 15) is 10.2 Å². The van der Waals surface area contributed by atoms with Crippen LogP contribution < -0.4 is 4.74 Å². The Morgan fingerprint density at radius 2 is 1.10 bits per heavy atom. The molecule has 0 saturated carbocycles. The maximum Gasteiger partial charge on any atom is 0.127 e. The van der Waals surface area contributed by atoms with Crippen molar-refractivity contribution < 1.29 is 14.9 Å². The van der Waals surface area contributed by atoms with E-state index in [1.54, 1.807) is 0 Å². The second kappa shape index (κ2) is 11.2. The molecule has 2 unspecified atom stereocenters. The lowest BCUT2D eigenvalue weighted by atomic mass is 9.78. The molecule has 3 heteroatoms. The lowest BCUT2D eigenvalue weighted by Crippen LogP contribution is -2.22. The van der Waals surface area contributed by atoms with Crippen molar-refractivity contribution in [2.75, 3.05) is 0 Å². The Labute approximate surface area is 189 Å². The molecule has 0 aliphatic carbocycles.